The molecular formula is C19H34O8. The Morgan fingerprint density at radius 3 is 2.48 bits per heavy atom. The summed E-state index contributed by atoms with van der Waals surface area (Å²) in [6, 6.07) is 0. The molecule has 0 aromatic heterocycles. The fourth-order valence-corrected chi connectivity index (χ4v) is 2.64. The zero-order valence-corrected chi connectivity index (χ0v) is 16.3. The fourth-order valence-electron chi connectivity index (χ4n) is 2.64. The first-order chi connectivity index (χ1) is 12.8. The molecule has 1 heterocycles. The number of aliphatic hydroxyl groups excluding tert-OH is 4. The van der Waals surface area contributed by atoms with E-state index in [-0.39, 0.29) is 13.0 Å². The number of carbonyl (C=O) groups is 1. The third-order valence-electron chi connectivity index (χ3n) is 4.29. The van der Waals surface area contributed by atoms with Crippen LogP contribution in [0.25, 0.3) is 0 Å². The van der Waals surface area contributed by atoms with Crippen LogP contribution in [0.15, 0.2) is 24.8 Å². The summed E-state index contributed by atoms with van der Waals surface area (Å²) in [7, 11) is 0. The van der Waals surface area contributed by atoms with Crippen LogP contribution in [0.5, 0.6) is 0 Å². The average molecular weight is 390 g/mol. The molecule has 0 radical (unpaired) electrons. The molecule has 0 bridgehead atoms. The monoisotopic (exact) mass is 390 g/mol. The molecule has 5 N–H and O–H groups in total. The van der Waals surface area contributed by atoms with Crippen molar-refractivity contribution in [3.8, 4) is 0 Å². The highest BCUT2D eigenvalue weighted by Crippen LogP contribution is 2.36. The topological polar surface area (TPSA) is 137 Å². The molecule has 6 unspecified atom stereocenters. The first-order valence-electron chi connectivity index (χ1n) is 9.25. The number of hydrogen-bond acceptors (Lipinski definition) is 7. The van der Waals surface area contributed by atoms with Crippen molar-refractivity contribution in [3.63, 3.8) is 0 Å². The Morgan fingerprint density at radius 2 is 1.96 bits per heavy atom. The molecule has 0 aromatic rings. The highest BCUT2D eigenvalue weighted by Gasteiger charge is 2.53. The van der Waals surface area contributed by atoms with Crippen molar-refractivity contribution >= 4 is 5.97 Å². The van der Waals surface area contributed by atoms with E-state index < -0.39 is 48.7 Å². The smallest absolute Gasteiger partial charge is 0.364 e. The minimum absolute atomic E-state index is 0.0596. The van der Waals surface area contributed by atoms with Crippen LogP contribution < -0.4 is 0 Å². The van der Waals surface area contributed by atoms with Gasteiger partial charge in [-0.2, -0.15) is 0 Å². The number of allylic oxidation sites excluding steroid dienone is 2. The number of carboxylic acid groups (broad SMARTS) is 1. The molecule has 6 atom stereocenters. The van der Waals surface area contributed by atoms with Crippen LogP contribution in [0.3, 0.4) is 0 Å². The van der Waals surface area contributed by atoms with Crippen molar-refractivity contribution in [2.24, 2.45) is 5.92 Å². The average Bonchev–Trinajstić information content (AvgIpc) is 2.67. The summed E-state index contributed by atoms with van der Waals surface area (Å²) in [5.41, 5.74) is 0. The summed E-state index contributed by atoms with van der Waals surface area (Å²) in [6.07, 6.45) is 0.956. The van der Waals surface area contributed by atoms with E-state index in [1.807, 2.05) is 13.8 Å². The molecule has 1 rings (SSSR count). The normalized spacial score (nSPS) is 30.3. The minimum atomic E-state index is -2.14. The summed E-state index contributed by atoms with van der Waals surface area (Å²) in [5, 5.41) is 48.4. The number of unbranched alkanes of at least 4 members (excludes halogenated alkanes) is 1. The van der Waals surface area contributed by atoms with E-state index in [4.69, 9.17) is 14.6 Å². The maximum absolute atomic E-state index is 11.7. The second-order valence-corrected chi connectivity index (χ2v) is 6.16. The minimum Gasteiger partial charge on any atom is -0.477 e. The first-order valence-corrected chi connectivity index (χ1v) is 9.25. The number of ether oxygens (including phenoxy) is 2. The van der Waals surface area contributed by atoms with Crippen LogP contribution in [0.2, 0.25) is 0 Å². The van der Waals surface area contributed by atoms with Crippen molar-refractivity contribution in [1.29, 1.82) is 0 Å². The molecule has 8 nitrogen and oxygen atoms in total. The van der Waals surface area contributed by atoms with Crippen LogP contribution in [-0.4, -0.2) is 74.9 Å². The maximum Gasteiger partial charge on any atom is 0.364 e. The van der Waals surface area contributed by atoms with Crippen molar-refractivity contribution < 1.29 is 39.8 Å². The van der Waals surface area contributed by atoms with Crippen LogP contribution >= 0.6 is 0 Å². The first kappa shape index (κ1) is 25.7. The summed E-state index contributed by atoms with van der Waals surface area (Å²) in [6.45, 7) is 8.37. The van der Waals surface area contributed by atoms with Gasteiger partial charge in [0, 0.05) is 12.3 Å². The predicted octanol–water partition coefficient (Wildman–Crippen LogP) is 0.832. The number of carboxylic acids is 1. The molecule has 0 spiro atoms. The molecule has 0 amide bonds. The van der Waals surface area contributed by atoms with E-state index in [9.17, 15) is 25.2 Å². The number of aliphatic carboxylic acids is 1. The van der Waals surface area contributed by atoms with Gasteiger partial charge in [0.15, 0.2) is 0 Å². The van der Waals surface area contributed by atoms with Crippen LogP contribution in [-0.2, 0) is 14.3 Å². The lowest BCUT2D eigenvalue weighted by Gasteiger charge is -2.45. The van der Waals surface area contributed by atoms with E-state index in [0.29, 0.717) is 0 Å². The van der Waals surface area contributed by atoms with E-state index in [2.05, 4.69) is 6.58 Å². The molecule has 0 saturated carbocycles. The lowest BCUT2D eigenvalue weighted by atomic mass is 9.84. The highest BCUT2D eigenvalue weighted by molar-refractivity contribution is 5.76. The zero-order chi connectivity index (χ0) is 21.0. The van der Waals surface area contributed by atoms with Gasteiger partial charge in [-0.05, 0) is 12.8 Å². The second kappa shape index (κ2) is 13.0. The summed E-state index contributed by atoms with van der Waals surface area (Å²) in [5.74, 6) is -4.24. The molecule has 0 aliphatic carbocycles. The van der Waals surface area contributed by atoms with Crippen LogP contribution in [0.1, 0.15) is 40.0 Å². The van der Waals surface area contributed by atoms with Gasteiger partial charge in [-0.1, -0.05) is 39.0 Å². The number of aliphatic hydroxyl groups is 4. The van der Waals surface area contributed by atoms with Gasteiger partial charge < -0.3 is 35.0 Å². The van der Waals surface area contributed by atoms with Gasteiger partial charge in [-0.25, -0.2) is 4.79 Å². The molecular weight excluding hydrogens is 356 g/mol. The Bertz CT molecular complexity index is 467. The third-order valence-corrected chi connectivity index (χ3v) is 4.29. The second-order valence-electron chi connectivity index (χ2n) is 6.16. The van der Waals surface area contributed by atoms with Gasteiger partial charge in [0.2, 0.25) is 0 Å². The van der Waals surface area contributed by atoms with Gasteiger partial charge in [0.1, 0.15) is 12.2 Å². The highest BCUT2D eigenvalue weighted by atomic mass is 16.7. The molecule has 8 heteroatoms. The number of rotatable bonds is 10. The van der Waals surface area contributed by atoms with E-state index in [1.165, 1.54) is 0 Å². The van der Waals surface area contributed by atoms with Crippen LogP contribution in [0.4, 0.5) is 0 Å². The zero-order valence-electron chi connectivity index (χ0n) is 16.3. The maximum atomic E-state index is 11.7. The molecule has 158 valence electrons. The Kier molecular flexibility index (Phi) is 12.4. The van der Waals surface area contributed by atoms with Crippen molar-refractivity contribution in [1.82, 2.24) is 0 Å². The van der Waals surface area contributed by atoms with E-state index >= 15 is 0 Å². The molecule has 27 heavy (non-hydrogen) atoms. The van der Waals surface area contributed by atoms with E-state index in [0.717, 1.165) is 12.8 Å². The van der Waals surface area contributed by atoms with Gasteiger partial charge in [-0.3, -0.25) is 0 Å². The molecule has 1 saturated heterocycles. The molecule has 1 fully saturated rings. The van der Waals surface area contributed by atoms with E-state index in [1.54, 1.807) is 25.2 Å². The molecule has 0 aromatic carbocycles. The lowest BCUT2D eigenvalue weighted by Crippen LogP contribution is -2.61. The standard InChI is InChI=1S/C17H28O8.C2H6/c1-3-4-5-6-7-8-24-17(16(22)23)9-12(19)11(2)15(25-17)14(21)13(20)10-18;1-2/h3,6-7,11-15,18-21H,1,4-5,8-10H2,2H3,(H,22,23);1-2H3/b7-6+;. The Labute approximate surface area is 160 Å². The lowest BCUT2D eigenvalue weighted by molar-refractivity contribution is -0.315. The van der Waals surface area contributed by atoms with Gasteiger partial charge in [0.05, 0.1) is 25.4 Å². The predicted molar refractivity (Wildman–Crippen MR) is 100.0 cm³/mol. The Hall–Kier alpha value is -1.29. The largest absolute Gasteiger partial charge is 0.477 e. The van der Waals surface area contributed by atoms with Crippen molar-refractivity contribution in [2.75, 3.05) is 13.2 Å². The van der Waals surface area contributed by atoms with Gasteiger partial charge >= 0.3 is 5.97 Å². The summed E-state index contributed by atoms with van der Waals surface area (Å²) >= 11 is 0. The molecule has 1 aliphatic rings. The van der Waals surface area contributed by atoms with Crippen LogP contribution in [0, 0.1) is 5.92 Å². The van der Waals surface area contributed by atoms with Gasteiger partial charge in [0.25, 0.3) is 5.79 Å². The number of hydrogen-bond donors (Lipinski definition) is 5. The summed E-state index contributed by atoms with van der Waals surface area (Å²) < 4.78 is 10.9. The fraction of sp³-hybridized carbons (Fsp3) is 0.737. The summed E-state index contributed by atoms with van der Waals surface area (Å²) in [4.78, 5) is 11.7. The Morgan fingerprint density at radius 1 is 1.33 bits per heavy atom. The third kappa shape index (κ3) is 7.33. The van der Waals surface area contributed by atoms with Crippen molar-refractivity contribution in [2.45, 2.75) is 70.2 Å². The SMILES string of the molecule is C=CCC/C=C/COC1(C(=O)O)CC(O)C(C)C(C(O)C(O)CO)O1.CC. The Balaban J connectivity index is 0.00000326. The quantitative estimate of drug-likeness (QED) is 0.273. The van der Waals surface area contributed by atoms with Gasteiger partial charge in [-0.15, -0.1) is 6.58 Å². The molecule has 1 aliphatic heterocycles. The van der Waals surface area contributed by atoms with Crippen molar-refractivity contribution in [3.05, 3.63) is 24.8 Å².